The van der Waals surface area contributed by atoms with Crippen molar-refractivity contribution in [2.24, 2.45) is 0 Å². The topological polar surface area (TPSA) is 56.8 Å². The average Bonchev–Trinajstić information content (AvgIpc) is 2.80. The molecule has 5 heteroatoms. The predicted octanol–water partition coefficient (Wildman–Crippen LogP) is 1.60. The Bertz CT molecular complexity index is 303. The summed E-state index contributed by atoms with van der Waals surface area (Å²) in [6, 6.07) is 0.147. The van der Waals surface area contributed by atoms with E-state index in [9.17, 15) is 4.79 Å². The molecule has 1 aliphatic carbocycles. The Hall–Kier alpha value is -0.650. The number of amides is 1. The lowest BCUT2D eigenvalue weighted by molar-refractivity contribution is -0.195. The van der Waals surface area contributed by atoms with Gasteiger partial charge in [0, 0.05) is 18.9 Å². The van der Waals surface area contributed by atoms with E-state index in [1.165, 1.54) is 0 Å². The van der Waals surface area contributed by atoms with Crippen LogP contribution in [0.15, 0.2) is 0 Å². The first-order chi connectivity index (χ1) is 9.01. The summed E-state index contributed by atoms with van der Waals surface area (Å²) in [6.45, 7) is 7.09. The third-order valence-corrected chi connectivity index (χ3v) is 3.70. The lowest BCUT2D eigenvalue weighted by Gasteiger charge is -2.36. The number of carbonyl (C=O) groups is 1. The van der Waals surface area contributed by atoms with Gasteiger partial charge in [0.15, 0.2) is 5.79 Å². The fraction of sp³-hybridized carbons (Fsp3) is 0.929. The van der Waals surface area contributed by atoms with Crippen LogP contribution in [0.2, 0.25) is 0 Å². The van der Waals surface area contributed by atoms with E-state index in [4.69, 9.17) is 14.2 Å². The molecule has 0 bridgehead atoms. The molecule has 2 rings (SSSR count). The van der Waals surface area contributed by atoms with Gasteiger partial charge in [-0.3, -0.25) is 4.79 Å². The normalized spacial score (nSPS) is 24.8. The van der Waals surface area contributed by atoms with Crippen LogP contribution in [0.4, 0.5) is 0 Å². The van der Waals surface area contributed by atoms with E-state index in [2.05, 4.69) is 5.32 Å². The second-order valence-corrected chi connectivity index (χ2v) is 5.75. The first kappa shape index (κ1) is 14.8. The summed E-state index contributed by atoms with van der Waals surface area (Å²) in [7, 11) is 0. The lowest BCUT2D eigenvalue weighted by Crippen LogP contribution is -2.43. The zero-order valence-electron chi connectivity index (χ0n) is 12.1. The molecular formula is C14H25NO4. The van der Waals surface area contributed by atoms with E-state index < -0.39 is 6.10 Å². The molecule has 19 heavy (non-hydrogen) atoms. The molecule has 1 N–H and O–H groups in total. The highest BCUT2D eigenvalue weighted by Gasteiger charge is 2.41. The monoisotopic (exact) mass is 271 g/mol. The summed E-state index contributed by atoms with van der Waals surface area (Å²) in [5.74, 6) is -0.396. The minimum absolute atomic E-state index is 0.0383. The van der Waals surface area contributed by atoms with Crippen molar-refractivity contribution in [3.05, 3.63) is 0 Å². The quantitative estimate of drug-likeness (QED) is 0.844. The number of ether oxygens (including phenoxy) is 3. The lowest BCUT2D eigenvalue weighted by atomic mass is 9.91. The van der Waals surface area contributed by atoms with Crippen molar-refractivity contribution in [1.29, 1.82) is 0 Å². The van der Waals surface area contributed by atoms with Crippen LogP contribution >= 0.6 is 0 Å². The van der Waals surface area contributed by atoms with Crippen molar-refractivity contribution in [3.63, 3.8) is 0 Å². The molecule has 1 unspecified atom stereocenters. The number of nitrogens with one attached hydrogen (secondary N) is 1. The van der Waals surface area contributed by atoms with Gasteiger partial charge in [-0.1, -0.05) is 0 Å². The summed E-state index contributed by atoms with van der Waals surface area (Å²) < 4.78 is 17.2. The van der Waals surface area contributed by atoms with Crippen LogP contribution in [0.25, 0.3) is 0 Å². The van der Waals surface area contributed by atoms with Crippen LogP contribution in [0, 0.1) is 0 Å². The standard InChI is InChI=1S/C14H25NO4/c1-10(2)15-13(16)11(3)19-12-4-6-14(7-5-12)17-8-9-18-14/h10-12H,4-9H2,1-3H3,(H,15,16). The largest absolute Gasteiger partial charge is 0.365 e. The van der Waals surface area contributed by atoms with E-state index >= 15 is 0 Å². The molecule has 1 spiro atoms. The van der Waals surface area contributed by atoms with Crippen LogP contribution in [-0.2, 0) is 19.0 Å². The number of carbonyl (C=O) groups excluding carboxylic acids is 1. The first-order valence-corrected chi connectivity index (χ1v) is 7.24. The minimum Gasteiger partial charge on any atom is -0.365 e. The Labute approximate surface area is 115 Å². The van der Waals surface area contributed by atoms with Crippen molar-refractivity contribution in [2.75, 3.05) is 13.2 Å². The van der Waals surface area contributed by atoms with Gasteiger partial charge in [0.05, 0.1) is 19.3 Å². The molecule has 1 saturated carbocycles. The minimum atomic E-state index is -0.396. The molecular weight excluding hydrogens is 246 g/mol. The Kier molecular flexibility index (Phi) is 4.81. The average molecular weight is 271 g/mol. The molecule has 0 radical (unpaired) electrons. The molecule has 110 valence electrons. The third kappa shape index (κ3) is 3.91. The maximum absolute atomic E-state index is 11.8. The van der Waals surface area contributed by atoms with Gasteiger partial charge in [0.25, 0.3) is 0 Å². The third-order valence-electron chi connectivity index (χ3n) is 3.70. The van der Waals surface area contributed by atoms with Crippen LogP contribution in [0.3, 0.4) is 0 Å². The Morgan fingerprint density at radius 2 is 1.79 bits per heavy atom. The Morgan fingerprint density at radius 3 is 2.32 bits per heavy atom. The van der Waals surface area contributed by atoms with Crippen molar-refractivity contribution in [1.82, 2.24) is 5.32 Å². The maximum Gasteiger partial charge on any atom is 0.249 e. The smallest absolute Gasteiger partial charge is 0.249 e. The first-order valence-electron chi connectivity index (χ1n) is 7.24. The molecule has 1 aliphatic heterocycles. The molecule has 0 aromatic rings. The predicted molar refractivity (Wildman–Crippen MR) is 70.7 cm³/mol. The van der Waals surface area contributed by atoms with E-state index in [1.54, 1.807) is 0 Å². The van der Waals surface area contributed by atoms with Gasteiger partial charge in [-0.15, -0.1) is 0 Å². The molecule has 5 nitrogen and oxygen atoms in total. The highest BCUT2D eigenvalue weighted by Crippen LogP contribution is 2.36. The summed E-state index contributed by atoms with van der Waals surface area (Å²) in [5, 5.41) is 2.87. The highest BCUT2D eigenvalue weighted by atomic mass is 16.7. The van der Waals surface area contributed by atoms with E-state index in [-0.39, 0.29) is 23.8 Å². The second kappa shape index (κ2) is 6.20. The van der Waals surface area contributed by atoms with Crippen LogP contribution in [0.5, 0.6) is 0 Å². The molecule has 1 saturated heterocycles. The van der Waals surface area contributed by atoms with Gasteiger partial charge >= 0.3 is 0 Å². The zero-order chi connectivity index (χ0) is 13.9. The van der Waals surface area contributed by atoms with Gasteiger partial charge in [-0.25, -0.2) is 0 Å². The van der Waals surface area contributed by atoms with Crippen molar-refractivity contribution >= 4 is 5.91 Å². The molecule has 1 atom stereocenters. The van der Waals surface area contributed by atoms with Crippen molar-refractivity contribution in [2.45, 2.75) is 70.5 Å². The van der Waals surface area contributed by atoms with E-state index in [0.717, 1.165) is 25.7 Å². The number of hydrogen-bond acceptors (Lipinski definition) is 4. The van der Waals surface area contributed by atoms with Gasteiger partial charge in [0.1, 0.15) is 6.10 Å². The molecule has 2 fully saturated rings. The summed E-state index contributed by atoms with van der Waals surface area (Å²) in [5.41, 5.74) is 0. The molecule has 0 aromatic carbocycles. The zero-order valence-corrected chi connectivity index (χ0v) is 12.1. The van der Waals surface area contributed by atoms with E-state index in [1.807, 2.05) is 20.8 Å². The van der Waals surface area contributed by atoms with Crippen LogP contribution < -0.4 is 5.32 Å². The van der Waals surface area contributed by atoms with Gasteiger partial charge < -0.3 is 19.5 Å². The highest BCUT2D eigenvalue weighted by molar-refractivity contribution is 5.80. The van der Waals surface area contributed by atoms with Gasteiger partial charge in [-0.2, -0.15) is 0 Å². The van der Waals surface area contributed by atoms with Crippen molar-refractivity contribution < 1.29 is 19.0 Å². The summed E-state index contributed by atoms with van der Waals surface area (Å²) >= 11 is 0. The molecule has 1 amide bonds. The van der Waals surface area contributed by atoms with Crippen LogP contribution in [-0.4, -0.2) is 43.2 Å². The second-order valence-electron chi connectivity index (χ2n) is 5.75. The maximum atomic E-state index is 11.8. The summed E-state index contributed by atoms with van der Waals surface area (Å²) in [6.07, 6.45) is 3.23. The SMILES string of the molecule is CC(C)NC(=O)C(C)OC1CCC2(CC1)OCCO2. The number of rotatable bonds is 4. The van der Waals surface area contributed by atoms with Crippen molar-refractivity contribution in [3.8, 4) is 0 Å². The summed E-state index contributed by atoms with van der Waals surface area (Å²) in [4.78, 5) is 11.8. The molecule has 2 aliphatic rings. The fourth-order valence-electron chi connectivity index (χ4n) is 2.71. The number of hydrogen-bond donors (Lipinski definition) is 1. The molecule has 1 heterocycles. The fourth-order valence-corrected chi connectivity index (χ4v) is 2.71. The van der Waals surface area contributed by atoms with Crippen LogP contribution in [0.1, 0.15) is 46.5 Å². The van der Waals surface area contributed by atoms with E-state index in [0.29, 0.717) is 13.2 Å². The van der Waals surface area contributed by atoms with Gasteiger partial charge in [0.2, 0.25) is 5.91 Å². The van der Waals surface area contributed by atoms with Gasteiger partial charge in [-0.05, 0) is 33.6 Å². The Morgan fingerprint density at radius 1 is 1.21 bits per heavy atom. The molecule has 0 aromatic heterocycles. The Balaban J connectivity index is 1.74.